The summed E-state index contributed by atoms with van der Waals surface area (Å²) in [6.45, 7) is 8.06. The molecule has 1 saturated heterocycles. The zero-order chi connectivity index (χ0) is 7.40. The quantitative estimate of drug-likeness (QED) is 0.488. The molecule has 0 aromatic heterocycles. The molecule has 1 fully saturated rings. The SMILES string of the molecule is C=C=CN1CCN(C)CC1. The first kappa shape index (κ1) is 7.39. The van der Waals surface area contributed by atoms with Crippen LogP contribution in [0.3, 0.4) is 0 Å². The van der Waals surface area contributed by atoms with Crippen molar-refractivity contribution in [3.8, 4) is 0 Å². The van der Waals surface area contributed by atoms with E-state index in [9.17, 15) is 0 Å². The van der Waals surface area contributed by atoms with Gasteiger partial charge in [-0.15, -0.1) is 5.73 Å². The van der Waals surface area contributed by atoms with Crippen molar-refractivity contribution in [2.24, 2.45) is 0 Å². The van der Waals surface area contributed by atoms with E-state index in [4.69, 9.17) is 0 Å². The van der Waals surface area contributed by atoms with Gasteiger partial charge in [-0.1, -0.05) is 6.58 Å². The van der Waals surface area contributed by atoms with E-state index in [1.807, 2.05) is 6.20 Å². The van der Waals surface area contributed by atoms with Crippen LogP contribution in [-0.2, 0) is 0 Å². The molecule has 0 aromatic rings. The highest BCUT2D eigenvalue weighted by Gasteiger charge is 2.08. The number of piperazine rings is 1. The summed E-state index contributed by atoms with van der Waals surface area (Å²) in [7, 11) is 2.15. The number of hydrogen-bond donors (Lipinski definition) is 0. The average Bonchev–Trinajstić information content (AvgIpc) is 1.95. The fourth-order valence-electron chi connectivity index (χ4n) is 1.08. The highest BCUT2D eigenvalue weighted by molar-refractivity contribution is 4.81. The van der Waals surface area contributed by atoms with Crippen molar-refractivity contribution in [2.75, 3.05) is 33.2 Å². The summed E-state index contributed by atoms with van der Waals surface area (Å²) >= 11 is 0. The molecule has 0 aromatic carbocycles. The number of nitrogens with zero attached hydrogens (tertiary/aromatic N) is 2. The lowest BCUT2D eigenvalue weighted by molar-refractivity contribution is 0.199. The molecule has 0 bridgehead atoms. The summed E-state index contributed by atoms with van der Waals surface area (Å²) in [6, 6.07) is 0. The van der Waals surface area contributed by atoms with Gasteiger partial charge in [0.2, 0.25) is 0 Å². The van der Waals surface area contributed by atoms with Gasteiger partial charge in [0.1, 0.15) is 0 Å². The summed E-state index contributed by atoms with van der Waals surface area (Å²) in [5.74, 6) is 0. The second kappa shape index (κ2) is 3.45. The fraction of sp³-hybridized carbons (Fsp3) is 0.625. The van der Waals surface area contributed by atoms with Crippen molar-refractivity contribution in [2.45, 2.75) is 0 Å². The standard InChI is InChI=1S/C8H14N2/c1-3-4-10-7-5-9(2)6-8-10/h4H,1,5-8H2,2H3. The third kappa shape index (κ3) is 1.90. The van der Waals surface area contributed by atoms with E-state index in [-0.39, 0.29) is 0 Å². The van der Waals surface area contributed by atoms with Gasteiger partial charge >= 0.3 is 0 Å². The average molecular weight is 138 g/mol. The Kier molecular flexibility index (Phi) is 2.55. The van der Waals surface area contributed by atoms with Gasteiger partial charge in [0.15, 0.2) is 0 Å². The second-order valence-corrected chi connectivity index (χ2v) is 2.67. The van der Waals surface area contributed by atoms with Gasteiger partial charge in [0.25, 0.3) is 0 Å². The first-order chi connectivity index (χ1) is 4.83. The van der Waals surface area contributed by atoms with Gasteiger partial charge in [0, 0.05) is 32.4 Å². The van der Waals surface area contributed by atoms with Crippen LogP contribution in [0.15, 0.2) is 18.5 Å². The largest absolute Gasteiger partial charge is 0.369 e. The summed E-state index contributed by atoms with van der Waals surface area (Å²) < 4.78 is 0. The van der Waals surface area contributed by atoms with Crippen molar-refractivity contribution in [1.29, 1.82) is 0 Å². The lowest BCUT2D eigenvalue weighted by Gasteiger charge is -2.30. The van der Waals surface area contributed by atoms with Crippen LogP contribution < -0.4 is 0 Å². The van der Waals surface area contributed by atoms with Crippen LogP contribution >= 0.6 is 0 Å². The summed E-state index contributed by atoms with van der Waals surface area (Å²) in [4.78, 5) is 4.57. The van der Waals surface area contributed by atoms with Crippen molar-refractivity contribution in [3.05, 3.63) is 18.5 Å². The second-order valence-electron chi connectivity index (χ2n) is 2.67. The molecule has 0 saturated carbocycles. The molecule has 1 aliphatic heterocycles. The minimum Gasteiger partial charge on any atom is -0.369 e. The first-order valence-electron chi connectivity index (χ1n) is 3.61. The molecule has 1 aliphatic rings. The van der Waals surface area contributed by atoms with Gasteiger partial charge in [-0.3, -0.25) is 0 Å². The molecular weight excluding hydrogens is 124 g/mol. The van der Waals surface area contributed by atoms with Crippen LogP contribution in [0.4, 0.5) is 0 Å². The first-order valence-corrected chi connectivity index (χ1v) is 3.61. The Bertz CT molecular complexity index is 139. The van der Waals surface area contributed by atoms with E-state index >= 15 is 0 Å². The van der Waals surface area contributed by atoms with Crippen molar-refractivity contribution in [3.63, 3.8) is 0 Å². The fourth-order valence-corrected chi connectivity index (χ4v) is 1.08. The Hall–Kier alpha value is -0.720. The highest BCUT2D eigenvalue weighted by atomic mass is 15.2. The van der Waals surface area contributed by atoms with Crippen LogP contribution in [0.25, 0.3) is 0 Å². The zero-order valence-electron chi connectivity index (χ0n) is 6.51. The maximum Gasteiger partial charge on any atom is 0.0418 e. The smallest absolute Gasteiger partial charge is 0.0418 e. The molecule has 1 heterocycles. The molecule has 1 rings (SSSR count). The number of rotatable bonds is 1. The normalized spacial score (nSPS) is 20.3. The predicted octanol–water partition coefficient (Wildman–Crippen LogP) is 0.532. The van der Waals surface area contributed by atoms with E-state index in [0.29, 0.717) is 0 Å². The Morgan fingerprint density at radius 3 is 2.40 bits per heavy atom. The Balaban J connectivity index is 2.32. The van der Waals surface area contributed by atoms with Crippen LogP contribution in [0, 0.1) is 0 Å². The number of hydrogen-bond acceptors (Lipinski definition) is 2. The van der Waals surface area contributed by atoms with Crippen LogP contribution in [0.5, 0.6) is 0 Å². The van der Waals surface area contributed by atoms with Crippen molar-refractivity contribution < 1.29 is 0 Å². The molecule has 0 aliphatic carbocycles. The molecule has 0 radical (unpaired) electrons. The molecule has 0 N–H and O–H groups in total. The molecular formula is C8H14N2. The lowest BCUT2D eigenvalue weighted by Crippen LogP contribution is -2.41. The maximum absolute atomic E-state index is 3.54. The maximum atomic E-state index is 3.54. The Labute approximate surface area is 62.4 Å². The van der Waals surface area contributed by atoms with E-state index in [1.165, 1.54) is 0 Å². The van der Waals surface area contributed by atoms with Gasteiger partial charge in [0.05, 0.1) is 0 Å². The Morgan fingerprint density at radius 2 is 1.90 bits per heavy atom. The molecule has 56 valence electrons. The summed E-state index contributed by atoms with van der Waals surface area (Å²) in [5.41, 5.74) is 2.78. The van der Waals surface area contributed by atoms with Crippen molar-refractivity contribution >= 4 is 0 Å². The monoisotopic (exact) mass is 138 g/mol. The molecule has 0 amide bonds. The lowest BCUT2D eigenvalue weighted by atomic mass is 10.3. The van der Waals surface area contributed by atoms with Crippen LogP contribution in [-0.4, -0.2) is 43.0 Å². The Morgan fingerprint density at radius 1 is 1.30 bits per heavy atom. The van der Waals surface area contributed by atoms with Gasteiger partial charge in [-0.2, -0.15) is 0 Å². The third-order valence-electron chi connectivity index (χ3n) is 1.81. The van der Waals surface area contributed by atoms with Gasteiger partial charge < -0.3 is 9.80 Å². The van der Waals surface area contributed by atoms with E-state index in [1.54, 1.807) is 0 Å². The van der Waals surface area contributed by atoms with Gasteiger partial charge in [-0.25, -0.2) is 0 Å². The molecule has 10 heavy (non-hydrogen) atoms. The van der Waals surface area contributed by atoms with Crippen LogP contribution in [0.1, 0.15) is 0 Å². The van der Waals surface area contributed by atoms with Crippen LogP contribution in [0.2, 0.25) is 0 Å². The molecule has 0 unspecified atom stereocenters. The summed E-state index contributed by atoms with van der Waals surface area (Å²) in [6.07, 6.45) is 1.94. The van der Waals surface area contributed by atoms with E-state index < -0.39 is 0 Å². The van der Waals surface area contributed by atoms with E-state index in [0.717, 1.165) is 26.2 Å². The molecule has 0 atom stereocenters. The zero-order valence-corrected chi connectivity index (χ0v) is 6.51. The highest BCUT2D eigenvalue weighted by Crippen LogP contribution is 1.97. The predicted molar refractivity (Wildman–Crippen MR) is 42.8 cm³/mol. The van der Waals surface area contributed by atoms with Crippen molar-refractivity contribution in [1.82, 2.24) is 9.80 Å². The molecule has 2 heteroatoms. The topological polar surface area (TPSA) is 6.48 Å². The van der Waals surface area contributed by atoms with Gasteiger partial charge in [-0.05, 0) is 7.05 Å². The minimum atomic E-state index is 1.11. The minimum absolute atomic E-state index is 1.11. The summed E-state index contributed by atoms with van der Waals surface area (Å²) in [5, 5.41) is 0. The molecule has 0 spiro atoms. The third-order valence-corrected chi connectivity index (χ3v) is 1.81. The number of likely N-dealkylation sites (N-methyl/N-ethyl adjacent to an activating group) is 1. The van der Waals surface area contributed by atoms with E-state index in [2.05, 4.69) is 29.2 Å². The molecule has 2 nitrogen and oxygen atoms in total.